The first-order chi connectivity index (χ1) is 21.2. The topological polar surface area (TPSA) is 46.8 Å². The summed E-state index contributed by atoms with van der Waals surface area (Å²) in [6.07, 6.45) is 2.84. The van der Waals surface area contributed by atoms with Crippen molar-refractivity contribution in [2.75, 3.05) is 0 Å². The second-order valence-corrected chi connectivity index (χ2v) is 29.6. The van der Waals surface area contributed by atoms with E-state index in [1.54, 1.807) is 0 Å². The summed E-state index contributed by atoms with van der Waals surface area (Å²) in [7, 11) is -5.49. The lowest BCUT2D eigenvalue weighted by atomic mass is 9.94. The van der Waals surface area contributed by atoms with E-state index in [0.29, 0.717) is 0 Å². The van der Waals surface area contributed by atoms with Crippen LogP contribution in [0.1, 0.15) is 36.0 Å². The zero-order chi connectivity index (χ0) is 32.7. The van der Waals surface area contributed by atoms with E-state index >= 15 is 0 Å². The highest BCUT2D eigenvalue weighted by Gasteiger charge is 2.32. The number of rotatable bonds is 12. The summed E-state index contributed by atoms with van der Waals surface area (Å²) in [6, 6.07) is 32.2. The maximum absolute atomic E-state index is 5.58. The molecule has 0 amide bonds. The standard InChI is InChI=1S/C36H54N6Si3/c1-43(2,3)40(28-31-20-13-10-14-21-31)37-34-26-19-27-35(38-41(44(4,5)6)29-32-22-15-11-16-23-32)36(34)39-42(45(7,8)9)30-33-24-17-12-18-25-33/h10-18,20-25H,19,26-30H2,1-9H3/b37-34-,38-35+,39-36?. The lowest BCUT2D eigenvalue weighted by Crippen LogP contribution is -2.47. The average Bonchev–Trinajstić information content (AvgIpc) is 2.97. The van der Waals surface area contributed by atoms with Gasteiger partial charge < -0.3 is 14.0 Å². The summed E-state index contributed by atoms with van der Waals surface area (Å²) in [6.45, 7) is 23.8. The predicted octanol–water partition coefficient (Wildman–Crippen LogP) is 9.25. The summed E-state index contributed by atoms with van der Waals surface area (Å²) in [5.41, 5.74) is 6.97. The van der Waals surface area contributed by atoms with Gasteiger partial charge in [0.25, 0.3) is 0 Å². The number of hydrogen-bond donors (Lipinski definition) is 0. The number of hydrogen-bond acceptors (Lipinski definition) is 6. The Labute approximate surface area is 275 Å². The van der Waals surface area contributed by atoms with Crippen LogP contribution in [0.4, 0.5) is 0 Å². The molecule has 3 aromatic rings. The molecule has 1 aliphatic rings. The van der Waals surface area contributed by atoms with E-state index < -0.39 is 24.7 Å². The smallest absolute Gasteiger partial charge is 0.169 e. The minimum absolute atomic E-state index is 0.782. The van der Waals surface area contributed by atoms with Crippen LogP contribution in [0.2, 0.25) is 58.9 Å². The Bertz CT molecular complexity index is 1370. The Kier molecular flexibility index (Phi) is 11.4. The van der Waals surface area contributed by atoms with Crippen LogP contribution in [-0.4, -0.2) is 55.9 Å². The van der Waals surface area contributed by atoms with Crippen molar-refractivity contribution in [2.24, 2.45) is 15.3 Å². The Hall–Kier alpha value is -3.28. The maximum Gasteiger partial charge on any atom is 0.169 e. The molecule has 0 heterocycles. The molecule has 1 fully saturated rings. The zero-order valence-electron chi connectivity index (χ0n) is 29.1. The van der Waals surface area contributed by atoms with Gasteiger partial charge in [-0.15, -0.1) is 0 Å². The molecule has 0 aromatic heterocycles. The highest BCUT2D eigenvalue weighted by molar-refractivity contribution is 6.76. The van der Waals surface area contributed by atoms with Crippen molar-refractivity contribution in [2.45, 2.75) is 97.8 Å². The van der Waals surface area contributed by atoms with Gasteiger partial charge in [0.2, 0.25) is 0 Å². The number of nitrogens with zero attached hydrogens (tertiary/aromatic N) is 6. The van der Waals surface area contributed by atoms with Crippen molar-refractivity contribution in [3.63, 3.8) is 0 Å². The predicted molar refractivity (Wildman–Crippen MR) is 202 cm³/mol. The van der Waals surface area contributed by atoms with Gasteiger partial charge in [0.05, 0.1) is 31.1 Å². The molecule has 0 N–H and O–H groups in total. The van der Waals surface area contributed by atoms with Crippen molar-refractivity contribution in [3.8, 4) is 0 Å². The fraction of sp³-hybridized carbons (Fsp3) is 0.417. The van der Waals surface area contributed by atoms with Crippen LogP contribution in [-0.2, 0) is 19.6 Å². The molecular formula is C36H54N6Si3. The third-order valence-corrected chi connectivity index (χ3v) is 13.3. The highest BCUT2D eigenvalue weighted by atomic mass is 28.3. The van der Waals surface area contributed by atoms with Crippen LogP contribution in [0.5, 0.6) is 0 Å². The molecule has 1 saturated carbocycles. The first-order valence-corrected chi connectivity index (χ1v) is 26.7. The van der Waals surface area contributed by atoms with Crippen LogP contribution >= 0.6 is 0 Å². The van der Waals surface area contributed by atoms with Crippen molar-refractivity contribution in [3.05, 3.63) is 108 Å². The molecule has 1 aliphatic carbocycles. The van der Waals surface area contributed by atoms with Gasteiger partial charge >= 0.3 is 0 Å². The van der Waals surface area contributed by atoms with Crippen molar-refractivity contribution in [1.29, 1.82) is 0 Å². The van der Waals surface area contributed by atoms with E-state index in [1.807, 2.05) is 0 Å². The van der Waals surface area contributed by atoms with Gasteiger partial charge in [0.1, 0.15) is 5.71 Å². The molecule has 4 rings (SSSR count). The SMILES string of the molecule is C[Si](C)(C)N(Cc1ccccc1)N=C1/C(=N\N(Cc2ccccc2)[Si](C)(C)C)CCC/C1=N\N(Cc1ccccc1)[Si](C)(C)C. The maximum atomic E-state index is 5.58. The van der Waals surface area contributed by atoms with E-state index in [0.717, 1.165) is 56.0 Å². The van der Waals surface area contributed by atoms with Crippen LogP contribution in [0, 0.1) is 0 Å². The molecule has 9 heteroatoms. The average molecular weight is 655 g/mol. The van der Waals surface area contributed by atoms with Gasteiger partial charge in [-0.3, -0.25) is 0 Å². The summed E-state index contributed by atoms with van der Waals surface area (Å²) in [5, 5.41) is 16.6. The van der Waals surface area contributed by atoms with Gasteiger partial charge in [0, 0.05) is 0 Å². The van der Waals surface area contributed by atoms with Crippen LogP contribution < -0.4 is 0 Å². The molecule has 0 bridgehead atoms. The largest absolute Gasteiger partial charge is 0.320 e. The molecule has 0 spiro atoms. The summed E-state index contributed by atoms with van der Waals surface area (Å²) < 4.78 is 7.14. The van der Waals surface area contributed by atoms with Crippen LogP contribution in [0.15, 0.2) is 106 Å². The summed E-state index contributed by atoms with van der Waals surface area (Å²) in [4.78, 5) is 0. The number of benzene rings is 3. The Morgan fingerprint density at radius 3 is 1.02 bits per heavy atom. The van der Waals surface area contributed by atoms with Gasteiger partial charge in [-0.05, 0) is 36.0 Å². The molecule has 6 nitrogen and oxygen atoms in total. The minimum atomic E-state index is -1.86. The Balaban J connectivity index is 1.85. The van der Waals surface area contributed by atoms with Gasteiger partial charge in [0.15, 0.2) is 24.7 Å². The molecule has 0 aliphatic heterocycles. The lowest BCUT2D eigenvalue weighted by molar-refractivity contribution is 0.435. The molecule has 3 aromatic carbocycles. The molecule has 0 saturated heterocycles. The van der Waals surface area contributed by atoms with Crippen LogP contribution in [0.25, 0.3) is 0 Å². The Morgan fingerprint density at radius 2 is 0.733 bits per heavy atom. The molecule has 45 heavy (non-hydrogen) atoms. The van der Waals surface area contributed by atoms with E-state index in [1.165, 1.54) is 16.7 Å². The van der Waals surface area contributed by atoms with E-state index in [2.05, 4.69) is 164 Å². The molecule has 240 valence electrons. The minimum Gasteiger partial charge on any atom is -0.320 e. The third-order valence-electron chi connectivity index (χ3n) is 7.93. The van der Waals surface area contributed by atoms with Crippen molar-refractivity contribution >= 4 is 41.8 Å². The first kappa shape index (κ1) is 34.6. The van der Waals surface area contributed by atoms with Gasteiger partial charge in [-0.2, -0.15) is 15.3 Å². The lowest BCUT2D eigenvalue weighted by Gasteiger charge is -2.37. The molecule has 0 atom stereocenters. The quantitative estimate of drug-likeness (QED) is 0.144. The second-order valence-electron chi connectivity index (χ2n) is 15.0. The highest BCUT2D eigenvalue weighted by Crippen LogP contribution is 2.24. The van der Waals surface area contributed by atoms with Gasteiger partial charge in [-0.25, -0.2) is 0 Å². The fourth-order valence-electron chi connectivity index (χ4n) is 5.09. The zero-order valence-corrected chi connectivity index (χ0v) is 32.1. The second kappa shape index (κ2) is 14.9. The summed E-state index contributed by atoms with van der Waals surface area (Å²) >= 11 is 0. The van der Waals surface area contributed by atoms with E-state index in [4.69, 9.17) is 15.3 Å². The third kappa shape index (κ3) is 10.4. The molecule has 0 radical (unpaired) electrons. The molecular weight excluding hydrogens is 601 g/mol. The first-order valence-electron chi connectivity index (χ1n) is 16.4. The van der Waals surface area contributed by atoms with E-state index in [9.17, 15) is 0 Å². The van der Waals surface area contributed by atoms with E-state index in [-0.39, 0.29) is 0 Å². The molecule has 0 unspecified atom stereocenters. The monoisotopic (exact) mass is 654 g/mol. The van der Waals surface area contributed by atoms with Gasteiger partial charge in [-0.1, -0.05) is 150 Å². The van der Waals surface area contributed by atoms with Crippen molar-refractivity contribution in [1.82, 2.24) is 14.0 Å². The Morgan fingerprint density at radius 1 is 0.444 bits per heavy atom. The fourth-order valence-corrected chi connectivity index (χ4v) is 8.30. The number of hydrazone groups is 3. The normalized spacial score (nSPS) is 17.1. The summed E-state index contributed by atoms with van der Waals surface area (Å²) in [5.74, 6) is 0. The van der Waals surface area contributed by atoms with Crippen LogP contribution in [0.3, 0.4) is 0 Å². The van der Waals surface area contributed by atoms with Crippen molar-refractivity contribution < 1.29 is 0 Å².